The Kier molecular flexibility index (Phi) is 9.71. The molecule has 3 saturated heterocycles. The number of nitrogens with zero attached hydrogens (tertiary/aromatic N) is 3. The van der Waals surface area contributed by atoms with Gasteiger partial charge in [0.1, 0.15) is 11.6 Å². The Balaban J connectivity index is 1.47. The van der Waals surface area contributed by atoms with Gasteiger partial charge in [0, 0.05) is 34.3 Å². The van der Waals surface area contributed by atoms with Crippen molar-refractivity contribution in [3.05, 3.63) is 121 Å². The van der Waals surface area contributed by atoms with Gasteiger partial charge in [-0.3, -0.25) is 14.4 Å². The van der Waals surface area contributed by atoms with Crippen molar-refractivity contribution in [2.45, 2.75) is 41.5 Å². The average Bonchev–Trinajstić information content (AvgIpc) is 3.69. The molecule has 3 heterocycles. The molecule has 3 amide bonds. The third-order valence-electron chi connectivity index (χ3n) is 9.53. The van der Waals surface area contributed by atoms with Crippen LogP contribution in [0.4, 0.5) is 11.4 Å². The largest absolute Gasteiger partial charge is 0.394 e. The van der Waals surface area contributed by atoms with Crippen LogP contribution in [0.25, 0.3) is 0 Å². The first-order valence-corrected chi connectivity index (χ1v) is 17.0. The van der Waals surface area contributed by atoms with Crippen LogP contribution in [-0.2, 0) is 25.5 Å². The first kappa shape index (κ1) is 33.2. The van der Waals surface area contributed by atoms with E-state index >= 15 is 0 Å². The van der Waals surface area contributed by atoms with Crippen LogP contribution in [0, 0.1) is 11.8 Å². The maximum absolute atomic E-state index is 15.0. The lowest BCUT2D eigenvalue weighted by Gasteiger charge is -2.39. The zero-order chi connectivity index (χ0) is 33.3. The molecule has 3 fully saturated rings. The van der Waals surface area contributed by atoms with Crippen LogP contribution in [-0.4, -0.2) is 76.0 Å². The van der Waals surface area contributed by atoms with Gasteiger partial charge in [0.2, 0.25) is 11.8 Å². The number of hydrogen-bond acceptors (Lipinski definition) is 5. The number of aliphatic hydroxyl groups excluding tert-OH is 1. The normalized spacial score (nSPS) is 26.5. The van der Waals surface area contributed by atoms with Crippen molar-refractivity contribution in [1.82, 2.24) is 4.90 Å². The fourth-order valence-corrected chi connectivity index (χ4v) is 8.69. The van der Waals surface area contributed by atoms with E-state index in [0.29, 0.717) is 29.2 Å². The molecule has 3 aromatic carbocycles. The third kappa shape index (κ3) is 5.84. The zero-order valence-corrected chi connectivity index (χ0v) is 28.2. The number of alkyl halides is 1. The van der Waals surface area contributed by atoms with Crippen molar-refractivity contribution < 1.29 is 24.2 Å². The summed E-state index contributed by atoms with van der Waals surface area (Å²) in [7, 11) is 0. The van der Waals surface area contributed by atoms with Crippen molar-refractivity contribution in [2.75, 3.05) is 29.5 Å². The van der Waals surface area contributed by atoms with Gasteiger partial charge in [0.05, 0.1) is 30.6 Å². The Labute approximate surface area is 288 Å². The van der Waals surface area contributed by atoms with Gasteiger partial charge in [-0.1, -0.05) is 88.2 Å². The Bertz CT molecular complexity index is 1640. The number of fused-ring (bicyclic) bond motifs is 1. The van der Waals surface area contributed by atoms with Crippen molar-refractivity contribution >= 4 is 56.6 Å². The van der Waals surface area contributed by atoms with E-state index in [9.17, 15) is 19.5 Å². The molecule has 10 heteroatoms. The highest BCUT2D eigenvalue weighted by molar-refractivity contribution is 9.09. The molecule has 0 radical (unpaired) electrons. The van der Waals surface area contributed by atoms with E-state index in [2.05, 4.69) is 29.1 Å². The molecule has 6 rings (SSSR count). The number of amides is 3. The smallest absolute Gasteiger partial charge is 0.253 e. The second kappa shape index (κ2) is 13.8. The predicted molar refractivity (Wildman–Crippen MR) is 187 cm³/mol. The molecule has 1 spiro atoms. The number of ether oxygens (including phenoxy) is 1. The fraction of sp³-hybridized carbons (Fsp3) is 0.324. The molecule has 3 unspecified atom stereocenters. The molecule has 47 heavy (non-hydrogen) atoms. The molecule has 0 aliphatic carbocycles. The molecule has 8 nitrogen and oxygen atoms in total. The summed E-state index contributed by atoms with van der Waals surface area (Å²) < 4.78 is 6.80. The minimum atomic E-state index is -1.32. The third-order valence-corrected chi connectivity index (χ3v) is 10.6. The summed E-state index contributed by atoms with van der Waals surface area (Å²) in [5.74, 6) is -2.85. The number of carbonyl (C=O) groups excluding carboxylic acids is 3. The number of carbonyl (C=O) groups is 3. The van der Waals surface area contributed by atoms with Gasteiger partial charge >= 0.3 is 0 Å². The molecule has 2 bridgehead atoms. The van der Waals surface area contributed by atoms with Crippen molar-refractivity contribution in [3.63, 3.8) is 0 Å². The molecule has 3 aliphatic rings. The van der Waals surface area contributed by atoms with Crippen molar-refractivity contribution in [3.8, 4) is 0 Å². The fourth-order valence-electron chi connectivity index (χ4n) is 7.62. The van der Waals surface area contributed by atoms with Crippen molar-refractivity contribution in [1.29, 1.82) is 0 Å². The highest BCUT2D eigenvalue weighted by atomic mass is 79.9. The van der Waals surface area contributed by atoms with Gasteiger partial charge in [-0.05, 0) is 54.8 Å². The quantitative estimate of drug-likeness (QED) is 0.199. The predicted octanol–water partition coefficient (Wildman–Crippen LogP) is 5.43. The molecular formula is C37H37BrClN3O5. The van der Waals surface area contributed by atoms with Crippen LogP contribution in [0.3, 0.4) is 0 Å². The van der Waals surface area contributed by atoms with E-state index in [1.807, 2.05) is 60.7 Å². The maximum atomic E-state index is 15.0. The van der Waals surface area contributed by atoms with E-state index in [4.69, 9.17) is 16.3 Å². The molecule has 0 saturated carbocycles. The summed E-state index contributed by atoms with van der Waals surface area (Å²) in [6, 6.07) is 23.8. The van der Waals surface area contributed by atoms with Gasteiger partial charge in [-0.2, -0.15) is 0 Å². The summed E-state index contributed by atoms with van der Waals surface area (Å²) in [5, 5.41) is 11.3. The summed E-state index contributed by atoms with van der Waals surface area (Å²) in [6.45, 7) is 7.75. The van der Waals surface area contributed by atoms with Crippen LogP contribution >= 0.6 is 27.5 Å². The van der Waals surface area contributed by atoms with Crippen molar-refractivity contribution in [2.24, 2.45) is 11.8 Å². The number of rotatable bonds is 12. The molecular weight excluding hydrogens is 682 g/mol. The molecule has 3 aromatic rings. The lowest BCUT2D eigenvalue weighted by atomic mass is 9.70. The maximum Gasteiger partial charge on any atom is 0.253 e. The molecule has 1 N–H and O–H groups in total. The summed E-state index contributed by atoms with van der Waals surface area (Å²) in [5.41, 5.74) is 0.831. The Morgan fingerprint density at radius 1 is 0.957 bits per heavy atom. The monoisotopic (exact) mass is 717 g/mol. The molecule has 244 valence electrons. The van der Waals surface area contributed by atoms with Crippen LogP contribution in [0.2, 0.25) is 5.02 Å². The second-order valence-corrected chi connectivity index (χ2v) is 13.8. The topological polar surface area (TPSA) is 90.4 Å². The van der Waals surface area contributed by atoms with E-state index in [0.717, 1.165) is 5.56 Å². The summed E-state index contributed by atoms with van der Waals surface area (Å²) >= 11 is 9.96. The van der Waals surface area contributed by atoms with E-state index < -0.39 is 35.6 Å². The lowest BCUT2D eigenvalue weighted by molar-refractivity contribution is -0.144. The SMILES string of the molecule is C=CCN(C(=O)C1N([C@@H](CO)Cc2ccccc2)C(=O)[C@@H]2[C@H](C(=O)N(CC=C)c3ccccc3)[C@H]3OC12CC3Br)c1ccc(Cl)cc1. The standard InChI is InChI=1S/C37H37BrClN3O5/c1-3-19-40(26-13-9-6-10-14-26)34(44)30-31-35(45)42(28(23-43)21-24-11-7-5-8-12-24)33(37(31)22-29(38)32(30)47-37)36(46)41(20-4-2)27-17-15-25(39)16-18-27/h3-18,28-33,43H,1-2,19-23H2/t28-,29?,30+,31+,32+,33?,37?/m1/s1. The van der Waals surface area contributed by atoms with Crippen LogP contribution < -0.4 is 9.80 Å². The number of halogens is 2. The van der Waals surface area contributed by atoms with Crippen LogP contribution in [0.15, 0.2) is 110 Å². The van der Waals surface area contributed by atoms with Gasteiger partial charge < -0.3 is 24.5 Å². The van der Waals surface area contributed by atoms with Gasteiger partial charge in [0.25, 0.3) is 5.91 Å². The zero-order valence-electron chi connectivity index (χ0n) is 25.8. The number of anilines is 2. The Morgan fingerprint density at radius 3 is 2.13 bits per heavy atom. The average molecular weight is 719 g/mol. The summed E-state index contributed by atoms with van der Waals surface area (Å²) in [4.78, 5) is 48.9. The van der Waals surface area contributed by atoms with Crippen LogP contribution in [0.1, 0.15) is 12.0 Å². The van der Waals surface area contributed by atoms with Gasteiger partial charge in [-0.15, -0.1) is 13.2 Å². The Hall–Kier alpha value is -3.76. The Morgan fingerprint density at radius 2 is 1.53 bits per heavy atom. The highest BCUT2D eigenvalue weighted by Gasteiger charge is 2.77. The minimum Gasteiger partial charge on any atom is -0.394 e. The minimum absolute atomic E-state index is 0.160. The lowest BCUT2D eigenvalue weighted by Crippen LogP contribution is -2.59. The first-order chi connectivity index (χ1) is 22.7. The number of hydrogen-bond donors (Lipinski definition) is 1. The van der Waals surface area contributed by atoms with Crippen LogP contribution in [0.5, 0.6) is 0 Å². The van der Waals surface area contributed by atoms with E-state index in [1.165, 1.54) is 4.90 Å². The summed E-state index contributed by atoms with van der Waals surface area (Å²) in [6.07, 6.45) is 3.27. The number of aliphatic hydroxyl groups is 1. The molecule has 7 atom stereocenters. The highest BCUT2D eigenvalue weighted by Crippen LogP contribution is 2.61. The number of benzene rings is 3. The molecule has 0 aromatic heterocycles. The molecule has 3 aliphatic heterocycles. The van der Waals surface area contributed by atoms with Gasteiger partial charge in [-0.25, -0.2) is 0 Å². The second-order valence-electron chi connectivity index (χ2n) is 12.2. The number of para-hydroxylation sites is 1. The van der Waals surface area contributed by atoms with E-state index in [-0.39, 0.29) is 42.2 Å². The first-order valence-electron chi connectivity index (χ1n) is 15.7. The van der Waals surface area contributed by atoms with Gasteiger partial charge in [0.15, 0.2) is 0 Å². The van der Waals surface area contributed by atoms with E-state index in [1.54, 1.807) is 46.2 Å². The number of likely N-dealkylation sites (tertiary alicyclic amines) is 1.